The number of nitrogens with zero attached hydrogens (tertiary/aromatic N) is 3. The monoisotopic (exact) mass is 313 g/mol. The maximum atomic E-state index is 10.1. The maximum Gasteiger partial charge on any atom is 0.193 e. The first-order valence-corrected chi connectivity index (χ1v) is 7.16. The van der Waals surface area contributed by atoms with Gasteiger partial charge >= 0.3 is 0 Å². The summed E-state index contributed by atoms with van der Waals surface area (Å²) in [7, 11) is 0. The standard InChI is InChI=1S/C16H15N3O2S/c1-9-5-10(2)7-11(6-9)19-15(17-18-16(19)22)13-4-3-12(20)8-14(13)21/h3-8,20-21H,1-2H3,(H,18,22). The Bertz CT molecular complexity index is 838. The van der Waals surface area contributed by atoms with E-state index in [1.54, 1.807) is 10.6 Å². The maximum absolute atomic E-state index is 10.1. The van der Waals surface area contributed by atoms with Gasteiger partial charge in [0.1, 0.15) is 11.5 Å². The highest BCUT2D eigenvalue weighted by molar-refractivity contribution is 7.80. The summed E-state index contributed by atoms with van der Waals surface area (Å²) in [5, 5.41) is 28.0. The van der Waals surface area contributed by atoms with E-state index >= 15 is 0 Å². The number of hydrogen-bond donors (Lipinski definition) is 3. The molecule has 2 N–H and O–H groups in total. The number of phenols is 2. The molecule has 0 fully saturated rings. The summed E-state index contributed by atoms with van der Waals surface area (Å²) in [5.41, 5.74) is 3.56. The fraction of sp³-hybridized carbons (Fsp3) is 0.125. The van der Waals surface area contributed by atoms with Gasteiger partial charge in [-0.05, 0) is 49.2 Å². The highest BCUT2D eigenvalue weighted by atomic mass is 32.1. The Morgan fingerprint density at radius 3 is 2.27 bits per heavy atom. The third-order valence-corrected chi connectivity index (χ3v) is 3.62. The Morgan fingerprint density at radius 2 is 1.64 bits per heavy atom. The molecule has 0 saturated carbocycles. The van der Waals surface area contributed by atoms with Crippen molar-refractivity contribution in [3.05, 3.63) is 47.5 Å². The Labute approximate surface area is 133 Å². The molecule has 0 aliphatic carbocycles. The second-order valence-electron chi connectivity index (χ2n) is 5.21. The molecule has 0 atom stereocenters. The lowest BCUT2D eigenvalue weighted by Crippen LogP contribution is -1.99. The summed E-state index contributed by atoms with van der Waals surface area (Å²) >= 11 is 4.36. The molecular weight excluding hydrogens is 298 g/mol. The largest absolute Gasteiger partial charge is 0.508 e. The SMILES string of the molecule is Cc1cc(C)cc(-n2c(S)nnc2-c2ccc(O)cc2O)c1. The van der Waals surface area contributed by atoms with Gasteiger partial charge in [-0.25, -0.2) is 0 Å². The van der Waals surface area contributed by atoms with Crippen molar-refractivity contribution in [2.45, 2.75) is 19.0 Å². The molecule has 0 aliphatic heterocycles. The molecule has 1 heterocycles. The van der Waals surface area contributed by atoms with Crippen LogP contribution in [0.2, 0.25) is 0 Å². The number of aryl methyl sites for hydroxylation is 2. The zero-order valence-corrected chi connectivity index (χ0v) is 13.0. The Hall–Kier alpha value is -2.47. The van der Waals surface area contributed by atoms with Crippen LogP contribution in [-0.2, 0) is 0 Å². The molecule has 0 radical (unpaired) electrons. The summed E-state index contributed by atoms with van der Waals surface area (Å²) in [5.74, 6) is 0.392. The molecule has 0 aliphatic rings. The van der Waals surface area contributed by atoms with Gasteiger partial charge in [-0.2, -0.15) is 0 Å². The van der Waals surface area contributed by atoms with Crippen LogP contribution in [0.5, 0.6) is 11.5 Å². The lowest BCUT2D eigenvalue weighted by molar-refractivity contribution is 0.451. The predicted molar refractivity (Wildman–Crippen MR) is 86.9 cm³/mol. The van der Waals surface area contributed by atoms with Gasteiger partial charge in [0.15, 0.2) is 11.0 Å². The molecule has 22 heavy (non-hydrogen) atoms. The topological polar surface area (TPSA) is 71.2 Å². The minimum atomic E-state index is -0.0636. The van der Waals surface area contributed by atoms with Crippen LogP contribution in [0.3, 0.4) is 0 Å². The van der Waals surface area contributed by atoms with Crippen LogP contribution in [0.1, 0.15) is 11.1 Å². The molecule has 0 unspecified atom stereocenters. The third-order valence-electron chi connectivity index (χ3n) is 3.33. The predicted octanol–water partition coefficient (Wildman–Crippen LogP) is 3.25. The average molecular weight is 313 g/mol. The van der Waals surface area contributed by atoms with Gasteiger partial charge in [-0.15, -0.1) is 22.8 Å². The van der Waals surface area contributed by atoms with Crippen molar-refractivity contribution in [3.8, 4) is 28.6 Å². The van der Waals surface area contributed by atoms with Crippen LogP contribution in [0.4, 0.5) is 0 Å². The van der Waals surface area contributed by atoms with Gasteiger partial charge in [0, 0.05) is 6.07 Å². The highest BCUT2D eigenvalue weighted by Gasteiger charge is 2.17. The molecule has 0 saturated heterocycles. The van der Waals surface area contributed by atoms with Crippen LogP contribution in [0, 0.1) is 13.8 Å². The fourth-order valence-electron chi connectivity index (χ4n) is 2.48. The van der Waals surface area contributed by atoms with Crippen LogP contribution in [-0.4, -0.2) is 25.0 Å². The lowest BCUT2D eigenvalue weighted by atomic mass is 10.1. The van der Waals surface area contributed by atoms with E-state index in [-0.39, 0.29) is 11.5 Å². The number of rotatable bonds is 2. The number of aromatic hydroxyl groups is 2. The van der Waals surface area contributed by atoms with E-state index in [0.717, 1.165) is 16.8 Å². The highest BCUT2D eigenvalue weighted by Crippen LogP contribution is 2.33. The van der Waals surface area contributed by atoms with E-state index in [0.29, 0.717) is 16.5 Å². The average Bonchev–Trinajstić information content (AvgIpc) is 2.79. The zero-order valence-electron chi connectivity index (χ0n) is 12.1. The summed E-state index contributed by atoms with van der Waals surface area (Å²) in [6, 6.07) is 10.4. The molecule has 0 bridgehead atoms. The van der Waals surface area contributed by atoms with Gasteiger partial charge in [-0.3, -0.25) is 4.57 Å². The molecule has 112 valence electrons. The van der Waals surface area contributed by atoms with Crippen molar-refractivity contribution in [3.63, 3.8) is 0 Å². The summed E-state index contributed by atoms with van der Waals surface area (Å²) in [4.78, 5) is 0. The van der Waals surface area contributed by atoms with Crippen molar-refractivity contribution in [2.75, 3.05) is 0 Å². The van der Waals surface area contributed by atoms with Crippen molar-refractivity contribution in [1.82, 2.24) is 14.8 Å². The zero-order chi connectivity index (χ0) is 15.9. The Morgan fingerprint density at radius 1 is 0.955 bits per heavy atom. The van der Waals surface area contributed by atoms with Crippen molar-refractivity contribution < 1.29 is 10.2 Å². The molecule has 6 heteroatoms. The van der Waals surface area contributed by atoms with Crippen LogP contribution < -0.4 is 0 Å². The van der Waals surface area contributed by atoms with E-state index < -0.39 is 0 Å². The second kappa shape index (κ2) is 5.38. The molecule has 2 aromatic carbocycles. The van der Waals surface area contributed by atoms with Crippen molar-refractivity contribution >= 4 is 12.6 Å². The van der Waals surface area contributed by atoms with E-state index in [1.807, 2.05) is 26.0 Å². The number of phenolic OH excluding ortho intramolecular Hbond substituents is 2. The molecule has 0 spiro atoms. The van der Waals surface area contributed by atoms with E-state index in [2.05, 4.69) is 28.9 Å². The van der Waals surface area contributed by atoms with E-state index in [1.165, 1.54) is 12.1 Å². The Kier molecular flexibility index (Phi) is 3.54. The minimum Gasteiger partial charge on any atom is -0.508 e. The first-order valence-electron chi connectivity index (χ1n) is 6.71. The number of thiol groups is 1. The van der Waals surface area contributed by atoms with Crippen molar-refractivity contribution in [2.24, 2.45) is 0 Å². The summed E-state index contributed by atoms with van der Waals surface area (Å²) in [6.07, 6.45) is 0. The first kappa shape index (κ1) is 14.5. The second-order valence-corrected chi connectivity index (χ2v) is 5.61. The van der Waals surface area contributed by atoms with E-state index in [4.69, 9.17) is 0 Å². The van der Waals surface area contributed by atoms with Crippen LogP contribution >= 0.6 is 12.6 Å². The van der Waals surface area contributed by atoms with Gasteiger partial charge in [-0.1, -0.05) is 6.07 Å². The van der Waals surface area contributed by atoms with E-state index in [9.17, 15) is 10.2 Å². The molecular formula is C16H15N3O2S. The molecule has 5 nitrogen and oxygen atoms in total. The number of hydrogen-bond acceptors (Lipinski definition) is 5. The molecule has 3 aromatic rings. The quantitative estimate of drug-likeness (QED) is 0.635. The van der Waals surface area contributed by atoms with Gasteiger partial charge in [0.2, 0.25) is 0 Å². The van der Waals surface area contributed by atoms with Gasteiger partial charge in [0.25, 0.3) is 0 Å². The summed E-state index contributed by atoms with van der Waals surface area (Å²) in [6.45, 7) is 4.02. The molecule has 0 amide bonds. The molecule has 3 rings (SSSR count). The van der Waals surface area contributed by atoms with Crippen molar-refractivity contribution in [1.29, 1.82) is 0 Å². The minimum absolute atomic E-state index is 0.00943. The fourth-order valence-corrected chi connectivity index (χ4v) is 2.73. The van der Waals surface area contributed by atoms with Gasteiger partial charge in [0.05, 0.1) is 11.3 Å². The third kappa shape index (κ3) is 2.53. The Balaban J connectivity index is 2.23. The number of benzene rings is 2. The number of aromatic nitrogens is 3. The van der Waals surface area contributed by atoms with Crippen LogP contribution in [0.25, 0.3) is 17.1 Å². The normalized spacial score (nSPS) is 10.9. The lowest BCUT2D eigenvalue weighted by Gasteiger charge is -2.11. The first-order chi connectivity index (χ1) is 10.5. The smallest absolute Gasteiger partial charge is 0.193 e. The van der Waals surface area contributed by atoms with Gasteiger partial charge < -0.3 is 10.2 Å². The molecule has 1 aromatic heterocycles. The van der Waals surface area contributed by atoms with Crippen LogP contribution in [0.15, 0.2) is 41.6 Å². The summed E-state index contributed by atoms with van der Waals surface area (Å²) < 4.78 is 1.76.